The molecule has 0 bridgehead atoms. The van der Waals surface area contributed by atoms with E-state index in [1.165, 1.54) is 26.3 Å². The first-order chi connectivity index (χ1) is 7.15. The number of aliphatic hydroxyl groups is 1. The molecule has 0 fully saturated rings. The van der Waals surface area contributed by atoms with E-state index in [9.17, 15) is 9.90 Å². The lowest BCUT2D eigenvalue weighted by molar-refractivity contribution is -0.125. The molecule has 0 aliphatic carbocycles. The van der Waals surface area contributed by atoms with E-state index in [2.05, 4.69) is 4.98 Å². The second-order valence-electron chi connectivity index (χ2n) is 2.98. The monoisotopic (exact) mass is 211 g/mol. The number of nitrogens with zero attached hydrogens (tertiary/aromatic N) is 1. The molecule has 1 rings (SSSR count). The summed E-state index contributed by atoms with van der Waals surface area (Å²) in [5, 5.41) is 9.39. The van der Waals surface area contributed by atoms with Crippen LogP contribution in [0.3, 0.4) is 0 Å². The lowest BCUT2D eigenvalue weighted by atomic mass is 10.2. The van der Waals surface area contributed by atoms with Crippen LogP contribution in [0, 0.1) is 0 Å². The molecule has 0 spiro atoms. The highest BCUT2D eigenvalue weighted by Crippen LogP contribution is 2.15. The van der Waals surface area contributed by atoms with E-state index in [-0.39, 0.29) is 12.6 Å². The minimum Gasteiger partial charge on any atom is -0.466 e. The molecule has 0 aromatic carbocycles. The van der Waals surface area contributed by atoms with Crippen molar-refractivity contribution in [3.05, 3.63) is 24.0 Å². The number of Topliss-reactive ketones (excluding diaryl/α,β-unsaturated/α-hetero) is 1. The van der Waals surface area contributed by atoms with Crippen molar-refractivity contribution in [3.8, 4) is 5.75 Å². The predicted octanol–water partition coefficient (Wildman–Crippen LogP) is 0.687. The third-order valence-corrected chi connectivity index (χ3v) is 1.77. The Kier molecular flexibility index (Phi) is 4.20. The third kappa shape index (κ3) is 3.30. The third-order valence-electron chi connectivity index (χ3n) is 1.77. The average Bonchev–Trinajstić information content (AvgIpc) is 2.26. The van der Waals surface area contributed by atoms with Gasteiger partial charge in [-0.05, 0) is 19.1 Å². The lowest BCUT2D eigenvalue weighted by Gasteiger charge is -2.07. The summed E-state index contributed by atoms with van der Waals surface area (Å²) in [6, 6.07) is 3.16. The maximum atomic E-state index is 10.9. The fourth-order valence-electron chi connectivity index (χ4n) is 0.974. The normalized spacial score (nSPS) is 12.2. The summed E-state index contributed by atoms with van der Waals surface area (Å²) < 4.78 is 9.81. The Morgan fingerprint density at radius 1 is 1.60 bits per heavy atom. The summed E-state index contributed by atoms with van der Waals surface area (Å²) in [6.07, 6.45) is 0.266. The van der Waals surface area contributed by atoms with E-state index in [1.54, 1.807) is 6.07 Å². The van der Waals surface area contributed by atoms with E-state index in [4.69, 9.17) is 9.47 Å². The number of ketones is 1. The number of carbonyl (C=O) groups excluding carboxylic acids is 1. The van der Waals surface area contributed by atoms with E-state index >= 15 is 0 Å². The summed E-state index contributed by atoms with van der Waals surface area (Å²) in [6.45, 7) is 1.44. The van der Waals surface area contributed by atoms with Crippen molar-refractivity contribution in [2.24, 2.45) is 0 Å². The number of methoxy groups -OCH3 is 1. The van der Waals surface area contributed by atoms with Crippen molar-refractivity contribution in [3.63, 3.8) is 0 Å². The molecule has 5 nitrogen and oxygen atoms in total. The Morgan fingerprint density at radius 2 is 2.33 bits per heavy atom. The van der Waals surface area contributed by atoms with E-state index in [0.29, 0.717) is 11.4 Å². The standard InChI is InChI=1S/C10H13NO4/c1-7(12)10(13)9-4-3-8(5-11-9)15-6-14-2/h3-5,10,13H,6H2,1-2H3. The molecule has 15 heavy (non-hydrogen) atoms. The van der Waals surface area contributed by atoms with Crippen LogP contribution in [0.25, 0.3) is 0 Å². The molecular formula is C10H13NO4. The molecule has 0 saturated heterocycles. The summed E-state index contributed by atoms with van der Waals surface area (Å²) in [7, 11) is 1.52. The fraction of sp³-hybridized carbons (Fsp3) is 0.400. The minimum absolute atomic E-state index is 0.135. The van der Waals surface area contributed by atoms with Crippen LogP contribution in [0.5, 0.6) is 5.75 Å². The maximum Gasteiger partial charge on any atom is 0.188 e. The molecule has 1 unspecified atom stereocenters. The maximum absolute atomic E-state index is 10.9. The van der Waals surface area contributed by atoms with Crippen molar-refractivity contribution in [1.29, 1.82) is 0 Å². The van der Waals surface area contributed by atoms with Crippen LogP contribution in [0.4, 0.5) is 0 Å². The van der Waals surface area contributed by atoms with Crippen molar-refractivity contribution < 1.29 is 19.4 Å². The zero-order valence-electron chi connectivity index (χ0n) is 8.64. The van der Waals surface area contributed by atoms with Crippen LogP contribution in [-0.4, -0.2) is 29.8 Å². The number of hydrogen-bond acceptors (Lipinski definition) is 5. The zero-order chi connectivity index (χ0) is 11.3. The van der Waals surface area contributed by atoms with Crippen molar-refractivity contribution in [2.45, 2.75) is 13.0 Å². The van der Waals surface area contributed by atoms with Gasteiger partial charge in [0.15, 0.2) is 18.7 Å². The van der Waals surface area contributed by atoms with Gasteiger partial charge in [-0.1, -0.05) is 0 Å². The highest BCUT2D eigenvalue weighted by molar-refractivity contribution is 5.81. The SMILES string of the molecule is COCOc1ccc(C(O)C(C)=O)nc1. The Bertz CT molecular complexity index is 323. The quantitative estimate of drug-likeness (QED) is 0.725. The van der Waals surface area contributed by atoms with Crippen molar-refractivity contribution in [1.82, 2.24) is 4.98 Å². The number of carbonyl (C=O) groups is 1. The first kappa shape index (κ1) is 11.6. The second-order valence-corrected chi connectivity index (χ2v) is 2.98. The first-order valence-electron chi connectivity index (χ1n) is 4.41. The highest BCUT2D eigenvalue weighted by Gasteiger charge is 2.13. The smallest absolute Gasteiger partial charge is 0.188 e. The second kappa shape index (κ2) is 5.43. The van der Waals surface area contributed by atoms with Gasteiger partial charge < -0.3 is 14.6 Å². The number of hydrogen-bond donors (Lipinski definition) is 1. The molecule has 0 aliphatic rings. The molecule has 82 valence electrons. The zero-order valence-corrected chi connectivity index (χ0v) is 8.64. The number of ether oxygens (including phenoxy) is 2. The minimum atomic E-state index is -1.17. The van der Waals surface area contributed by atoms with Crippen molar-refractivity contribution >= 4 is 5.78 Å². The molecule has 0 saturated carbocycles. The summed E-state index contributed by atoms with van der Waals surface area (Å²) >= 11 is 0. The number of rotatable bonds is 5. The molecule has 1 heterocycles. The van der Waals surface area contributed by atoms with Gasteiger partial charge in [0.1, 0.15) is 5.75 Å². The van der Waals surface area contributed by atoms with Crippen LogP contribution in [-0.2, 0) is 9.53 Å². The number of pyridine rings is 1. The Morgan fingerprint density at radius 3 is 2.80 bits per heavy atom. The largest absolute Gasteiger partial charge is 0.466 e. The average molecular weight is 211 g/mol. The molecule has 0 amide bonds. The van der Waals surface area contributed by atoms with E-state index < -0.39 is 6.10 Å². The van der Waals surface area contributed by atoms with E-state index in [1.807, 2.05) is 0 Å². The Hall–Kier alpha value is -1.46. The van der Waals surface area contributed by atoms with Gasteiger partial charge in [-0.2, -0.15) is 0 Å². The molecule has 0 aliphatic heterocycles. The fourth-order valence-corrected chi connectivity index (χ4v) is 0.974. The van der Waals surface area contributed by atoms with Gasteiger partial charge >= 0.3 is 0 Å². The summed E-state index contributed by atoms with van der Waals surface area (Å²) in [5.41, 5.74) is 0.312. The number of aliphatic hydroxyl groups excluding tert-OH is 1. The molecule has 1 aromatic rings. The van der Waals surface area contributed by atoms with Crippen LogP contribution >= 0.6 is 0 Å². The van der Waals surface area contributed by atoms with Crippen LogP contribution < -0.4 is 4.74 Å². The van der Waals surface area contributed by atoms with Gasteiger partial charge in [-0.15, -0.1) is 0 Å². The topological polar surface area (TPSA) is 68.7 Å². The van der Waals surface area contributed by atoms with E-state index in [0.717, 1.165) is 0 Å². The molecule has 1 atom stereocenters. The summed E-state index contributed by atoms with van der Waals surface area (Å²) in [4.78, 5) is 14.8. The highest BCUT2D eigenvalue weighted by atomic mass is 16.7. The summed E-state index contributed by atoms with van der Waals surface area (Å²) in [5.74, 6) is 0.185. The molecule has 1 aromatic heterocycles. The Balaban J connectivity index is 2.67. The van der Waals surface area contributed by atoms with Gasteiger partial charge in [0.05, 0.1) is 11.9 Å². The van der Waals surface area contributed by atoms with Crippen LogP contribution in [0.2, 0.25) is 0 Å². The van der Waals surface area contributed by atoms with Gasteiger partial charge in [0.25, 0.3) is 0 Å². The first-order valence-corrected chi connectivity index (χ1v) is 4.41. The van der Waals surface area contributed by atoms with Gasteiger partial charge in [0, 0.05) is 7.11 Å². The Labute approximate surface area is 87.7 Å². The molecule has 0 radical (unpaired) electrons. The molecule has 5 heteroatoms. The van der Waals surface area contributed by atoms with Gasteiger partial charge in [0.2, 0.25) is 0 Å². The van der Waals surface area contributed by atoms with Gasteiger partial charge in [-0.3, -0.25) is 9.78 Å². The lowest BCUT2D eigenvalue weighted by Crippen LogP contribution is -2.09. The van der Waals surface area contributed by atoms with Crippen molar-refractivity contribution in [2.75, 3.05) is 13.9 Å². The van der Waals surface area contributed by atoms with Gasteiger partial charge in [-0.25, -0.2) is 0 Å². The molecule has 1 N–H and O–H groups in total. The van der Waals surface area contributed by atoms with Crippen LogP contribution in [0.1, 0.15) is 18.7 Å². The molecular weight excluding hydrogens is 198 g/mol. The number of aromatic nitrogens is 1. The van der Waals surface area contributed by atoms with Crippen LogP contribution in [0.15, 0.2) is 18.3 Å². The predicted molar refractivity (Wildman–Crippen MR) is 52.4 cm³/mol.